The lowest BCUT2D eigenvalue weighted by molar-refractivity contribution is -0.143. The van der Waals surface area contributed by atoms with Gasteiger partial charge in [-0.1, -0.05) is 30.0 Å². The third kappa shape index (κ3) is 7.56. The molecule has 4 rings (SSSR count). The molecule has 0 radical (unpaired) electrons. The minimum absolute atomic E-state index is 0.00779. The van der Waals surface area contributed by atoms with Gasteiger partial charge in [0.05, 0.1) is 39.5 Å². The lowest BCUT2D eigenvalue weighted by atomic mass is 10.0. The minimum atomic E-state index is -5.06. The summed E-state index contributed by atoms with van der Waals surface area (Å²) in [5.74, 6) is -3.13. The van der Waals surface area contributed by atoms with Gasteiger partial charge in [-0.25, -0.2) is 14.2 Å². The largest absolute Gasteiger partial charge is 0.478 e. The number of alkyl halides is 7. The number of anilines is 1. The van der Waals surface area contributed by atoms with Crippen molar-refractivity contribution in [2.75, 3.05) is 11.9 Å². The predicted octanol–water partition coefficient (Wildman–Crippen LogP) is 6.66. The fourth-order valence-electron chi connectivity index (χ4n) is 3.75. The molecule has 1 fully saturated rings. The normalized spacial score (nSPS) is 15.6. The summed E-state index contributed by atoms with van der Waals surface area (Å²) in [4.78, 5) is 41.0. The molecule has 1 aliphatic heterocycles. The van der Waals surface area contributed by atoms with Crippen molar-refractivity contribution in [1.29, 1.82) is 0 Å². The third-order valence-electron chi connectivity index (χ3n) is 5.83. The second-order valence-electron chi connectivity index (χ2n) is 8.87. The number of thiocarbonyl (C=S) groups is 1. The zero-order valence-corrected chi connectivity index (χ0v) is 22.8. The van der Waals surface area contributed by atoms with Gasteiger partial charge in [0.25, 0.3) is 11.8 Å². The summed E-state index contributed by atoms with van der Waals surface area (Å²) in [6.45, 7) is -0.765. The van der Waals surface area contributed by atoms with Gasteiger partial charge in [-0.15, -0.1) is 0 Å². The van der Waals surface area contributed by atoms with E-state index in [0.717, 1.165) is 16.7 Å². The van der Waals surface area contributed by atoms with E-state index in [2.05, 4.69) is 10.3 Å². The van der Waals surface area contributed by atoms with E-state index < -0.39 is 59.5 Å². The van der Waals surface area contributed by atoms with E-state index >= 15 is 0 Å². The number of nitrogens with one attached hydrogen (secondary N) is 1. The Balaban J connectivity index is 1.51. The first-order valence-corrected chi connectivity index (χ1v) is 13.1. The number of benzene rings is 2. The molecule has 3 aromatic rings. The van der Waals surface area contributed by atoms with Crippen molar-refractivity contribution < 1.29 is 50.2 Å². The molecule has 0 aliphatic carbocycles. The van der Waals surface area contributed by atoms with E-state index in [1.54, 1.807) is 0 Å². The number of carbonyl (C=O) groups is 3. The van der Waals surface area contributed by atoms with Crippen LogP contribution in [-0.4, -0.2) is 49.8 Å². The summed E-state index contributed by atoms with van der Waals surface area (Å²) < 4.78 is 94.3. The van der Waals surface area contributed by atoms with Crippen molar-refractivity contribution in [2.45, 2.75) is 18.5 Å². The summed E-state index contributed by atoms with van der Waals surface area (Å²) in [5, 5.41) is 11.2. The highest BCUT2D eigenvalue weighted by Gasteiger charge is 2.38. The molecule has 1 aromatic heterocycles. The number of carbonyl (C=O) groups excluding carboxylic acids is 2. The predicted molar refractivity (Wildman–Crippen MR) is 146 cm³/mol. The van der Waals surface area contributed by atoms with Crippen molar-refractivity contribution in [3.05, 3.63) is 88.0 Å². The van der Waals surface area contributed by atoms with Crippen molar-refractivity contribution in [1.82, 2.24) is 9.88 Å². The first kappa shape index (κ1) is 31.6. The Kier molecular flexibility index (Phi) is 8.92. The monoisotopic (exact) mass is 643 g/mol. The molecule has 7 nitrogen and oxygen atoms in total. The molecule has 2 amide bonds. The highest BCUT2D eigenvalue weighted by Crippen LogP contribution is 2.39. The second-order valence-corrected chi connectivity index (χ2v) is 10.5. The number of pyridine rings is 1. The average molecular weight is 644 g/mol. The number of hydrogen-bond donors (Lipinski definition) is 2. The molecule has 1 saturated heterocycles. The molecule has 2 aromatic carbocycles. The van der Waals surface area contributed by atoms with Crippen LogP contribution in [0.1, 0.15) is 27.2 Å². The Morgan fingerprint density at radius 2 is 1.60 bits per heavy atom. The molecule has 224 valence electrons. The maximum Gasteiger partial charge on any atom is 0.416 e. The van der Waals surface area contributed by atoms with Crippen LogP contribution < -0.4 is 5.32 Å². The van der Waals surface area contributed by atoms with Crippen molar-refractivity contribution in [2.24, 2.45) is 0 Å². The van der Waals surface area contributed by atoms with Crippen LogP contribution in [0.25, 0.3) is 17.3 Å². The maximum atomic E-state index is 14.8. The van der Waals surface area contributed by atoms with Gasteiger partial charge >= 0.3 is 18.3 Å². The van der Waals surface area contributed by atoms with Crippen LogP contribution in [0.5, 0.6) is 0 Å². The molecule has 43 heavy (non-hydrogen) atoms. The number of thioether (sulfide) groups is 1. The summed E-state index contributed by atoms with van der Waals surface area (Å²) in [6.07, 6.45) is -11.2. The number of halogens is 7. The van der Waals surface area contributed by atoms with Crippen molar-refractivity contribution in [3.8, 4) is 11.3 Å². The number of carboxylic acid groups (broad SMARTS) is 1. The summed E-state index contributed by atoms with van der Waals surface area (Å²) >= 11 is 5.85. The summed E-state index contributed by atoms with van der Waals surface area (Å²) in [6, 6.07) is 9.78. The Morgan fingerprint density at radius 1 is 1.00 bits per heavy atom. The first-order chi connectivity index (χ1) is 20.0. The van der Waals surface area contributed by atoms with Gasteiger partial charge in [-0.05, 0) is 60.7 Å². The van der Waals surface area contributed by atoms with Crippen LogP contribution in [-0.2, 0) is 21.9 Å². The Hall–Kier alpha value is -4.31. The van der Waals surface area contributed by atoms with E-state index in [0.29, 0.717) is 12.1 Å². The minimum Gasteiger partial charge on any atom is -0.478 e. The highest BCUT2D eigenvalue weighted by atomic mass is 32.2. The fraction of sp³-hybridized carbons (Fsp3) is 0.148. The Bertz CT molecular complexity index is 1610. The quantitative estimate of drug-likeness (QED) is 0.169. The number of amides is 2. The molecule has 1 aliphatic rings. The van der Waals surface area contributed by atoms with E-state index in [4.69, 9.17) is 17.3 Å². The standard InChI is InChI=1S/C27H16F7N3O4S2/c28-19(22(38)36-17-6-4-13(5-7-17)24(40)41)12-37-23(39)21(43-25(37)42)11-18-2-1-3-20(35-18)14-8-15(26(29,30)31)10-16(9-14)27(32,33)34/h1-11,19H,12H2,(H,36,38)(H,40,41). The Labute approximate surface area is 247 Å². The van der Waals surface area contributed by atoms with Gasteiger partial charge in [-0.3, -0.25) is 14.5 Å². The topological polar surface area (TPSA) is 99.6 Å². The molecule has 16 heteroatoms. The SMILES string of the molecule is O=C(O)c1ccc(NC(=O)C(F)CN2C(=O)C(=Cc3cccc(-c4cc(C(F)(F)F)cc(C(F)(F)F)c4)n3)SC2=S)cc1. The van der Waals surface area contributed by atoms with Crippen LogP contribution in [0, 0.1) is 0 Å². The highest BCUT2D eigenvalue weighted by molar-refractivity contribution is 8.26. The van der Waals surface area contributed by atoms with Crippen LogP contribution >= 0.6 is 24.0 Å². The fourth-order valence-corrected chi connectivity index (χ4v) is 5.01. The van der Waals surface area contributed by atoms with Crippen molar-refractivity contribution in [3.63, 3.8) is 0 Å². The zero-order chi connectivity index (χ0) is 31.7. The molecule has 1 unspecified atom stereocenters. The number of hydrogen-bond acceptors (Lipinski definition) is 6. The van der Waals surface area contributed by atoms with E-state index in [1.165, 1.54) is 48.5 Å². The number of carboxylic acids is 1. The number of nitrogens with zero attached hydrogens (tertiary/aromatic N) is 2. The molecule has 0 spiro atoms. The van der Waals surface area contributed by atoms with Crippen LogP contribution in [0.4, 0.5) is 36.4 Å². The number of aromatic carboxylic acids is 1. The lowest BCUT2D eigenvalue weighted by Crippen LogP contribution is -2.39. The van der Waals surface area contributed by atoms with Crippen molar-refractivity contribution >= 4 is 57.8 Å². The van der Waals surface area contributed by atoms with E-state index in [-0.39, 0.29) is 37.9 Å². The lowest BCUT2D eigenvalue weighted by Gasteiger charge is -2.17. The van der Waals surface area contributed by atoms with Crippen LogP contribution in [0.2, 0.25) is 0 Å². The molecule has 1 atom stereocenters. The van der Waals surface area contributed by atoms with Gasteiger partial charge in [0.15, 0.2) is 6.17 Å². The van der Waals surface area contributed by atoms with Gasteiger partial charge in [0, 0.05) is 11.3 Å². The van der Waals surface area contributed by atoms with E-state index in [1.807, 2.05) is 0 Å². The average Bonchev–Trinajstić information content (AvgIpc) is 3.19. The second kappa shape index (κ2) is 12.1. The first-order valence-electron chi connectivity index (χ1n) is 11.8. The molecule has 0 bridgehead atoms. The maximum absolute atomic E-state index is 14.8. The number of aromatic nitrogens is 1. The van der Waals surface area contributed by atoms with Gasteiger partial charge < -0.3 is 10.4 Å². The van der Waals surface area contributed by atoms with E-state index in [9.17, 15) is 45.1 Å². The molecule has 2 heterocycles. The Morgan fingerprint density at radius 3 is 2.16 bits per heavy atom. The van der Waals surface area contributed by atoms with Gasteiger partial charge in [0.2, 0.25) is 0 Å². The van der Waals surface area contributed by atoms with Gasteiger partial charge in [0.1, 0.15) is 4.32 Å². The van der Waals surface area contributed by atoms with Crippen LogP contribution in [0.3, 0.4) is 0 Å². The molecule has 0 saturated carbocycles. The summed E-state index contributed by atoms with van der Waals surface area (Å²) in [5.41, 5.74) is -3.70. The summed E-state index contributed by atoms with van der Waals surface area (Å²) in [7, 11) is 0. The smallest absolute Gasteiger partial charge is 0.416 e. The van der Waals surface area contributed by atoms with Gasteiger partial charge in [-0.2, -0.15) is 26.3 Å². The zero-order valence-electron chi connectivity index (χ0n) is 21.2. The molecule has 2 N–H and O–H groups in total. The molecular formula is C27H16F7N3O4S2. The molecular weight excluding hydrogens is 627 g/mol. The van der Waals surface area contributed by atoms with Crippen LogP contribution in [0.15, 0.2) is 65.6 Å². The third-order valence-corrected chi connectivity index (χ3v) is 7.21. The number of rotatable bonds is 7.